The van der Waals surface area contributed by atoms with Gasteiger partial charge in [-0.3, -0.25) is 10.7 Å². The summed E-state index contributed by atoms with van der Waals surface area (Å²) >= 11 is 0. The molecular formula is C10H17N3Rb-. The summed E-state index contributed by atoms with van der Waals surface area (Å²) in [4.78, 5) is 0. The van der Waals surface area contributed by atoms with Crippen LogP contribution in [-0.2, 0) is 13.1 Å². The molecule has 14 heavy (non-hydrogen) atoms. The molecule has 0 amide bonds. The molecule has 0 saturated carbocycles. The largest absolute Gasteiger partial charge is 1.00 e. The van der Waals surface area contributed by atoms with Crippen LogP contribution in [0, 0.1) is 20.4 Å². The van der Waals surface area contributed by atoms with E-state index >= 15 is 0 Å². The number of rotatable bonds is 0. The number of nitrogens with zero attached hydrogens (tertiary/aromatic N) is 2. The van der Waals surface area contributed by atoms with Crippen LogP contribution in [0.5, 0.6) is 0 Å². The normalized spacial score (nSPS) is 16.1. The molecule has 74 valence electrons. The standard InChI is InChI=1S/C9H14N3.CH3.Rb/c1-7-3-4-12-9(6-10-7)5-8(2)11-12;;/h5,10H,3-4,6H2,1-2H3;1H3;/q2*-1;+1. The molecule has 1 aliphatic heterocycles. The molecule has 0 bridgehead atoms. The molecule has 0 fully saturated rings. The van der Waals surface area contributed by atoms with E-state index in [0.29, 0.717) is 0 Å². The van der Waals surface area contributed by atoms with Gasteiger partial charge in [-0.15, -0.1) is 6.42 Å². The van der Waals surface area contributed by atoms with E-state index in [1.165, 1.54) is 11.7 Å². The van der Waals surface area contributed by atoms with Gasteiger partial charge >= 0.3 is 58.2 Å². The van der Waals surface area contributed by atoms with Crippen LogP contribution in [0.15, 0.2) is 6.07 Å². The summed E-state index contributed by atoms with van der Waals surface area (Å²) in [5, 5.41) is 7.78. The molecule has 1 aromatic rings. The average molecular weight is 265 g/mol. The van der Waals surface area contributed by atoms with Crippen LogP contribution in [-0.4, -0.2) is 9.78 Å². The van der Waals surface area contributed by atoms with Crippen LogP contribution in [0.4, 0.5) is 0 Å². The van der Waals surface area contributed by atoms with Gasteiger partial charge in [0.25, 0.3) is 0 Å². The molecule has 1 N–H and O–H groups in total. The second kappa shape index (κ2) is 6.53. The topological polar surface area (TPSA) is 29.9 Å². The maximum absolute atomic E-state index is 4.41. The summed E-state index contributed by atoms with van der Waals surface area (Å²) < 4.78 is 2.10. The molecule has 0 atom stereocenters. The van der Waals surface area contributed by atoms with Crippen molar-refractivity contribution in [1.82, 2.24) is 15.1 Å². The van der Waals surface area contributed by atoms with Crippen molar-refractivity contribution in [2.24, 2.45) is 0 Å². The van der Waals surface area contributed by atoms with Gasteiger partial charge in [0.05, 0.1) is 5.69 Å². The minimum atomic E-state index is 0. The summed E-state index contributed by atoms with van der Waals surface area (Å²) in [6, 6.07) is 3.50. The number of nitrogens with one attached hydrogen (secondary N) is 1. The predicted octanol–water partition coefficient (Wildman–Crippen LogP) is -1.31. The van der Waals surface area contributed by atoms with E-state index in [-0.39, 0.29) is 65.6 Å². The van der Waals surface area contributed by atoms with Gasteiger partial charge in [-0.1, -0.05) is 0 Å². The fourth-order valence-electron chi connectivity index (χ4n) is 1.54. The molecule has 4 heteroatoms. The zero-order chi connectivity index (χ0) is 8.55. The molecule has 0 aromatic carbocycles. The van der Waals surface area contributed by atoms with Crippen molar-refractivity contribution in [2.45, 2.75) is 33.4 Å². The SMILES string of the molecule is Cc1cc2n(n1)CC[C-](C)NC2.[CH3-].[Rb+]. The van der Waals surface area contributed by atoms with Gasteiger partial charge in [0.1, 0.15) is 0 Å². The third-order valence-electron chi connectivity index (χ3n) is 2.26. The van der Waals surface area contributed by atoms with E-state index in [9.17, 15) is 0 Å². The molecule has 0 saturated heterocycles. The molecule has 1 aliphatic rings. The van der Waals surface area contributed by atoms with Crippen LogP contribution in [0.2, 0.25) is 0 Å². The van der Waals surface area contributed by atoms with E-state index in [4.69, 9.17) is 0 Å². The molecule has 2 heterocycles. The van der Waals surface area contributed by atoms with Crippen molar-refractivity contribution in [3.63, 3.8) is 0 Å². The number of aryl methyl sites for hydroxylation is 2. The number of hydrogen-bond acceptors (Lipinski definition) is 2. The molecule has 2 rings (SSSR count). The number of hydrogen-bond donors (Lipinski definition) is 1. The number of aromatic nitrogens is 2. The van der Waals surface area contributed by atoms with Gasteiger partial charge in [0, 0.05) is 18.8 Å². The summed E-state index contributed by atoms with van der Waals surface area (Å²) in [7, 11) is 0. The third-order valence-corrected chi connectivity index (χ3v) is 2.26. The van der Waals surface area contributed by atoms with Crippen molar-refractivity contribution >= 4 is 0 Å². The van der Waals surface area contributed by atoms with Crippen LogP contribution < -0.4 is 63.5 Å². The third kappa shape index (κ3) is 3.53. The fraction of sp³-hybridized carbons (Fsp3) is 0.500. The van der Waals surface area contributed by atoms with Crippen LogP contribution in [0.1, 0.15) is 24.7 Å². The Hall–Kier alpha value is 0.975. The Morgan fingerprint density at radius 1 is 1.57 bits per heavy atom. The summed E-state index contributed by atoms with van der Waals surface area (Å²) in [6.07, 6.45) is 1.09. The molecule has 0 aliphatic carbocycles. The Balaban J connectivity index is 0.000000845. The Kier molecular flexibility index (Phi) is 6.99. The van der Waals surface area contributed by atoms with E-state index in [1.807, 2.05) is 6.92 Å². The Labute approximate surface area is 135 Å². The van der Waals surface area contributed by atoms with Gasteiger partial charge in [0.2, 0.25) is 0 Å². The second-order valence-electron chi connectivity index (χ2n) is 3.38. The van der Waals surface area contributed by atoms with Gasteiger partial charge in [0.15, 0.2) is 0 Å². The van der Waals surface area contributed by atoms with Crippen molar-refractivity contribution in [3.8, 4) is 0 Å². The van der Waals surface area contributed by atoms with Crippen molar-refractivity contribution in [3.05, 3.63) is 30.9 Å². The van der Waals surface area contributed by atoms with Crippen molar-refractivity contribution in [2.75, 3.05) is 0 Å². The monoisotopic (exact) mass is 264 g/mol. The molecular weight excluding hydrogens is 248 g/mol. The minimum absolute atomic E-state index is 0. The van der Waals surface area contributed by atoms with Gasteiger partial charge in [-0.05, 0) is 13.0 Å². The van der Waals surface area contributed by atoms with Crippen LogP contribution in [0.25, 0.3) is 0 Å². The Morgan fingerprint density at radius 3 is 3.00 bits per heavy atom. The predicted molar refractivity (Wildman–Crippen MR) is 53.8 cm³/mol. The molecule has 0 radical (unpaired) electrons. The summed E-state index contributed by atoms with van der Waals surface area (Å²) in [5.74, 6) is 0. The Bertz CT molecular complexity index is 257. The fourth-order valence-corrected chi connectivity index (χ4v) is 1.54. The first-order chi connectivity index (χ1) is 5.75. The molecule has 1 aromatic heterocycles. The van der Waals surface area contributed by atoms with E-state index < -0.39 is 0 Å². The molecule has 0 unspecified atom stereocenters. The average Bonchev–Trinajstić information content (AvgIpc) is 2.31. The van der Waals surface area contributed by atoms with Gasteiger partial charge < -0.3 is 12.7 Å². The second-order valence-corrected chi connectivity index (χ2v) is 3.38. The Morgan fingerprint density at radius 2 is 2.29 bits per heavy atom. The summed E-state index contributed by atoms with van der Waals surface area (Å²) in [5.41, 5.74) is 2.41. The smallest absolute Gasteiger partial charge is 0.462 e. The first-order valence-corrected chi connectivity index (χ1v) is 4.35. The quantitative estimate of drug-likeness (QED) is 0.590. The van der Waals surface area contributed by atoms with Crippen molar-refractivity contribution in [1.29, 1.82) is 0 Å². The van der Waals surface area contributed by atoms with Gasteiger partial charge in [-0.25, -0.2) is 0 Å². The molecule has 3 nitrogen and oxygen atoms in total. The molecule has 0 spiro atoms. The maximum atomic E-state index is 4.41. The first kappa shape index (κ1) is 15.0. The zero-order valence-corrected chi connectivity index (χ0v) is 14.5. The van der Waals surface area contributed by atoms with Crippen LogP contribution in [0.3, 0.4) is 0 Å². The zero-order valence-electron chi connectivity index (χ0n) is 9.59. The minimum Gasteiger partial charge on any atom is -0.462 e. The van der Waals surface area contributed by atoms with E-state index in [2.05, 4.69) is 28.1 Å². The summed E-state index contributed by atoms with van der Waals surface area (Å²) in [6.45, 7) is 6.12. The maximum Gasteiger partial charge on any atom is 1.00 e. The van der Waals surface area contributed by atoms with Crippen molar-refractivity contribution < 1.29 is 58.2 Å². The van der Waals surface area contributed by atoms with E-state index in [1.54, 1.807) is 0 Å². The van der Waals surface area contributed by atoms with Gasteiger partial charge in [-0.2, -0.15) is 12.0 Å². The first-order valence-electron chi connectivity index (χ1n) is 4.35. The van der Waals surface area contributed by atoms with Crippen LogP contribution >= 0.6 is 0 Å². The van der Waals surface area contributed by atoms with E-state index in [0.717, 1.165) is 25.2 Å². The number of fused-ring (bicyclic) bond motifs is 1.